The summed E-state index contributed by atoms with van der Waals surface area (Å²) in [7, 11) is 3.21. The maximum absolute atomic E-state index is 14.7. The summed E-state index contributed by atoms with van der Waals surface area (Å²) in [5.41, 5.74) is 3.06. The molecule has 1 heterocycles. The summed E-state index contributed by atoms with van der Waals surface area (Å²) >= 11 is 0. The number of fused-ring (bicyclic) bond motifs is 1. The first-order valence-corrected chi connectivity index (χ1v) is 9.86. The van der Waals surface area contributed by atoms with Gasteiger partial charge in [-0.3, -0.25) is 0 Å². The fourth-order valence-corrected chi connectivity index (χ4v) is 4.04. The third-order valence-corrected chi connectivity index (χ3v) is 5.36. The molecular formula is C23H28F2NO2+. The van der Waals surface area contributed by atoms with Gasteiger partial charge < -0.3 is 9.47 Å². The van der Waals surface area contributed by atoms with Gasteiger partial charge in [0, 0.05) is 18.4 Å². The van der Waals surface area contributed by atoms with Crippen molar-refractivity contribution in [1.29, 1.82) is 0 Å². The van der Waals surface area contributed by atoms with Gasteiger partial charge in [-0.1, -0.05) is 25.8 Å². The van der Waals surface area contributed by atoms with Crippen LogP contribution in [0.25, 0.3) is 0 Å². The van der Waals surface area contributed by atoms with Gasteiger partial charge in [0.15, 0.2) is 34.9 Å². The van der Waals surface area contributed by atoms with Crippen LogP contribution in [-0.4, -0.2) is 30.5 Å². The Hall–Kier alpha value is -2.43. The van der Waals surface area contributed by atoms with Crippen molar-refractivity contribution in [3.8, 4) is 11.5 Å². The molecule has 0 amide bonds. The number of methoxy groups -OCH3 is 2. The van der Waals surface area contributed by atoms with Crippen LogP contribution in [0.2, 0.25) is 0 Å². The molecule has 1 unspecified atom stereocenters. The van der Waals surface area contributed by atoms with Crippen LogP contribution in [0.1, 0.15) is 50.7 Å². The zero-order valence-electron chi connectivity index (χ0n) is 17.0. The van der Waals surface area contributed by atoms with Gasteiger partial charge in [0.05, 0.1) is 14.2 Å². The Labute approximate surface area is 165 Å². The smallest absolute Gasteiger partial charge is 0.277 e. The molecule has 0 radical (unpaired) electrons. The minimum absolute atomic E-state index is 0.0296. The molecule has 0 saturated heterocycles. The van der Waals surface area contributed by atoms with Crippen molar-refractivity contribution in [2.24, 2.45) is 0 Å². The van der Waals surface area contributed by atoms with E-state index in [1.165, 1.54) is 18.2 Å². The standard InChI is InChI=1S/C23H28F2NO2/c1-5-6-7-11-20-17-14-22(28-4)21(27-3)13-16(17)12-15(2)26(20)23-18(24)9-8-10-19(23)25/h8-10,13-15H,5-7,11-12H2,1-4H3/q+1. The van der Waals surface area contributed by atoms with Crippen molar-refractivity contribution in [3.63, 3.8) is 0 Å². The lowest BCUT2D eigenvalue weighted by Gasteiger charge is -2.25. The summed E-state index contributed by atoms with van der Waals surface area (Å²) in [5, 5.41) is 0. The van der Waals surface area contributed by atoms with Crippen LogP contribution < -0.4 is 9.47 Å². The Kier molecular flexibility index (Phi) is 6.32. The average molecular weight is 388 g/mol. The molecule has 150 valence electrons. The molecule has 0 fully saturated rings. The molecule has 5 heteroatoms. The third-order valence-electron chi connectivity index (χ3n) is 5.36. The molecule has 2 aromatic rings. The highest BCUT2D eigenvalue weighted by molar-refractivity contribution is 6.00. The number of hydrogen-bond donors (Lipinski definition) is 0. The van der Waals surface area contributed by atoms with Crippen molar-refractivity contribution >= 4 is 11.4 Å². The number of hydrogen-bond acceptors (Lipinski definition) is 2. The highest BCUT2D eigenvalue weighted by Gasteiger charge is 2.36. The van der Waals surface area contributed by atoms with E-state index in [1.807, 2.05) is 23.6 Å². The van der Waals surface area contributed by atoms with Crippen LogP contribution in [0.5, 0.6) is 11.5 Å². The van der Waals surface area contributed by atoms with E-state index >= 15 is 0 Å². The van der Waals surface area contributed by atoms with Crippen molar-refractivity contribution < 1.29 is 22.8 Å². The van der Waals surface area contributed by atoms with E-state index in [0.29, 0.717) is 17.9 Å². The summed E-state index contributed by atoms with van der Waals surface area (Å²) in [6.45, 7) is 4.15. The molecule has 0 saturated carbocycles. The largest absolute Gasteiger partial charge is 0.493 e. The van der Waals surface area contributed by atoms with Crippen LogP contribution in [0, 0.1) is 11.6 Å². The van der Waals surface area contributed by atoms with Crippen molar-refractivity contribution in [3.05, 3.63) is 53.1 Å². The molecule has 0 spiro atoms. The molecular weight excluding hydrogens is 360 g/mol. The molecule has 28 heavy (non-hydrogen) atoms. The molecule has 0 aliphatic carbocycles. The van der Waals surface area contributed by atoms with Gasteiger partial charge in [-0.25, -0.2) is 0 Å². The van der Waals surface area contributed by atoms with Crippen LogP contribution >= 0.6 is 0 Å². The number of ether oxygens (including phenoxy) is 2. The molecule has 1 aliphatic rings. The van der Waals surface area contributed by atoms with E-state index in [1.54, 1.807) is 14.2 Å². The first-order chi connectivity index (χ1) is 13.5. The molecule has 0 bridgehead atoms. The second kappa shape index (κ2) is 8.72. The molecule has 0 N–H and O–H groups in total. The minimum Gasteiger partial charge on any atom is -0.493 e. The molecule has 3 rings (SSSR count). The zero-order valence-corrected chi connectivity index (χ0v) is 17.0. The van der Waals surface area contributed by atoms with E-state index in [-0.39, 0.29) is 11.7 Å². The first-order valence-electron chi connectivity index (χ1n) is 9.86. The Morgan fingerprint density at radius 2 is 1.68 bits per heavy atom. The SMILES string of the molecule is CCCCCC1=[N+](c2c(F)cccc2F)C(C)Cc2cc(OC)c(OC)cc21. The van der Waals surface area contributed by atoms with Gasteiger partial charge in [-0.2, -0.15) is 13.4 Å². The van der Waals surface area contributed by atoms with E-state index in [9.17, 15) is 8.78 Å². The number of halogens is 2. The molecule has 1 aliphatic heterocycles. The van der Waals surface area contributed by atoms with Crippen molar-refractivity contribution in [1.82, 2.24) is 0 Å². The predicted octanol–water partition coefficient (Wildman–Crippen LogP) is 5.64. The summed E-state index contributed by atoms with van der Waals surface area (Å²) < 4.78 is 42.1. The first kappa shape index (κ1) is 20.3. The van der Waals surface area contributed by atoms with Gasteiger partial charge in [0.2, 0.25) is 0 Å². The number of unbranched alkanes of at least 4 members (excludes halogenated alkanes) is 2. The number of nitrogens with zero attached hydrogens (tertiary/aromatic N) is 1. The molecule has 0 aromatic heterocycles. The fraction of sp³-hybridized carbons (Fsp3) is 0.435. The molecule has 1 atom stereocenters. The Morgan fingerprint density at radius 1 is 1.04 bits per heavy atom. The van der Waals surface area contributed by atoms with Gasteiger partial charge in [0.1, 0.15) is 0 Å². The normalized spacial score (nSPS) is 16.1. The second-order valence-corrected chi connectivity index (χ2v) is 7.26. The van der Waals surface area contributed by atoms with Gasteiger partial charge in [0.25, 0.3) is 5.69 Å². The van der Waals surface area contributed by atoms with Crippen molar-refractivity contribution in [2.45, 2.75) is 52.0 Å². The highest BCUT2D eigenvalue weighted by atomic mass is 19.1. The van der Waals surface area contributed by atoms with E-state index in [2.05, 4.69) is 6.92 Å². The maximum Gasteiger partial charge on any atom is 0.277 e. The van der Waals surface area contributed by atoms with E-state index in [4.69, 9.17) is 9.47 Å². The van der Waals surface area contributed by atoms with Gasteiger partial charge >= 0.3 is 0 Å². The van der Waals surface area contributed by atoms with E-state index in [0.717, 1.165) is 42.5 Å². The Morgan fingerprint density at radius 3 is 2.29 bits per heavy atom. The van der Waals surface area contributed by atoms with Gasteiger partial charge in [-0.15, -0.1) is 0 Å². The topological polar surface area (TPSA) is 21.5 Å². The van der Waals surface area contributed by atoms with Crippen LogP contribution in [0.4, 0.5) is 14.5 Å². The van der Waals surface area contributed by atoms with Crippen molar-refractivity contribution in [2.75, 3.05) is 14.2 Å². The fourth-order valence-electron chi connectivity index (χ4n) is 4.04. The third kappa shape index (κ3) is 3.75. The quantitative estimate of drug-likeness (QED) is 0.452. The number of para-hydroxylation sites is 1. The minimum atomic E-state index is -0.538. The lowest BCUT2D eigenvalue weighted by atomic mass is 9.89. The summed E-state index contributed by atoms with van der Waals surface area (Å²) in [4.78, 5) is 0. The maximum atomic E-state index is 14.7. The monoisotopic (exact) mass is 388 g/mol. The Balaban J connectivity index is 2.25. The van der Waals surface area contributed by atoms with Crippen LogP contribution in [0.3, 0.4) is 0 Å². The summed E-state index contributed by atoms with van der Waals surface area (Å²) in [6.07, 6.45) is 4.51. The number of benzene rings is 2. The molecule has 2 aromatic carbocycles. The lowest BCUT2D eigenvalue weighted by molar-refractivity contribution is -0.487. The summed E-state index contributed by atoms with van der Waals surface area (Å²) in [6, 6.07) is 7.89. The lowest BCUT2D eigenvalue weighted by Crippen LogP contribution is -2.35. The van der Waals surface area contributed by atoms with Crippen LogP contribution in [-0.2, 0) is 6.42 Å². The zero-order chi connectivity index (χ0) is 20.3. The molecule has 3 nitrogen and oxygen atoms in total. The highest BCUT2D eigenvalue weighted by Crippen LogP contribution is 2.37. The second-order valence-electron chi connectivity index (χ2n) is 7.26. The van der Waals surface area contributed by atoms with Gasteiger partial charge in [-0.05, 0) is 43.2 Å². The predicted molar refractivity (Wildman–Crippen MR) is 107 cm³/mol. The summed E-state index contributed by atoms with van der Waals surface area (Å²) in [5.74, 6) is 0.220. The Bertz CT molecular complexity index is 872. The average Bonchev–Trinajstić information content (AvgIpc) is 2.68. The van der Waals surface area contributed by atoms with Crippen LogP contribution in [0.15, 0.2) is 30.3 Å². The van der Waals surface area contributed by atoms with E-state index < -0.39 is 11.6 Å². The number of rotatable bonds is 7.